The number of hydrogen-bond acceptors (Lipinski definition) is 8. The van der Waals surface area contributed by atoms with Crippen LogP contribution in [0.1, 0.15) is 12.5 Å². The van der Waals surface area contributed by atoms with E-state index in [1.807, 2.05) is 54.0 Å². The second-order valence-corrected chi connectivity index (χ2v) is 9.13. The van der Waals surface area contributed by atoms with E-state index in [2.05, 4.69) is 26.3 Å². The number of aromatic nitrogens is 4. The largest absolute Gasteiger partial charge is 0.494 e. The van der Waals surface area contributed by atoms with Gasteiger partial charge in [0.1, 0.15) is 17.1 Å². The summed E-state index contributed by atoms with van der Waals surface area (Å²) < 4.78 is 13.4. The van der Waals surface area contributed by atoms with Gasteiger partial charge in [0.2, 0.25) is 11.9 Å². The molecule has 10 nitrogen and oxygen atoms in total. The van der Waals surface area contributed by atoms with Crippen molar-refractivity contribution in [1.29, 1.82) is 0 Å². The van der Waals surface area contributed by atoms with Crippen LogP contribution in [0.4, 0.5) is 17.3 Å². The van der Waals surface area contributed by atoms with Crippen LogP contribution in [0.3, 0.4) is 0 Å². The summed E-state index contributed by atoms with van der Waals surface area (Å²) in [5, 5.41) is 4.36. The van der Waals surface area contributed by atoms with Crippen LogP contribution < -0.4 is 19.7 Å². The zero-order valence-electron chi connectivity index (χ0n) is 21.8. The van der Waals surface area contributed by atoms with E-state index in [4.69, 9.17) is 14.5 Å². The lowest BCUT2D eigenvalue weighted by molar-refractivity contribution is -0.129. The molecule has 1 saturated heterocycles. The second-order valence-electron chi connectivity index (χ2n) is 9.13. The summed E-state index contributed by atoms with van der Waals surface area (Å²) in [6.07, 6.45) is 5.63. The van der Waals surface area contributed by atoms with Gasteiger partial charge in [-0.05, 0) is 24.6 Å². The predicted octanol–water partition coefficient (Wildman–Crippen LogP) is 3.77. The summed E-state index contributed by atoms with van der Waals surface area (Å²) in [6.45, 7) is 6.37. The van der Waals surface area contributed by atoms with Crippen LogP contribution in [0.15, 0.2) is 42.9 Å². The highest BCUT2D eigenvalue weighted by Gasteiger charge is 2.23. The highest BCUT2D eigenvalue weighted by atomic mass is 16.5. The lowest BCUT2D eigenvalue weighted by atomic mass is 10.1. The highest BCUT2D eigenvalue weighted by molar-refractivity contribution is 5.82. The van der Waals surface area contributed by atoms with Crippen LogP contribution in [0, 0.1) is 6.92 Å². The Morgan fingerprint density at radius 2 is 1.76 bits per heavy atom. The first kappa shape index (κ1) is 24.4. The van der Waals surface area contributed by atoms with Crippen molar-refractivity contribution >= 4 is 34.3 Å². The lowest BCUT2D eigenvalue weighted by Crippen LogP contribution is -2.48. The second kappa shape index (κ2) is 9.96. The first-order valence-electron chi connectivity index (χ1n) is 12.2. The first-order chi connectivity index (χ1) is 17.9. The number of carbonyl (C=O) groups is 1. The maximum atomic E-state index is 11.7. The number of aryl methyl sites for hydroxylation is 2. The van der Waals surface area contributed by atoms with E-state index in [1.54, 1.807) is 27.3 Å². The van der Waals surface area contributed by atoms with Crippen molar-refractivity contribution in [3.63, 3.8) is 0 Å². The van der Waals surface area contributed by atoms with Gasteiger partial charge in [-0.3, -0.25) is 4.79 Å². The number of carbonyl (C=O) groups excluding carboxylic acids is 1. The number of nitrogens with zero attached hydrogens (tertiary/aromatic N) is 6. The van der Waals surface area contributed by atoms with Crippen molar-refractivity contribution in [2.75, 3.05) is 50.6 Å². The van der Waals surface area contributed by atoms with Gasteiger partial charge in [-0.2, -0.15) is 0 Å². The molecule has 1 aliphatic heterocycles. The number of pyridine rings is 1. The third-order valence-corrected chi connectivity index (χ3v) is 6.77. The lowest BCUT2D eigenvalue weighted by Gasteiger charge is -2.36. The minimum absolute atomic E-state index is 0.0979. The Morgan fingerprint density at radius 3 is 2.46 bits per heavy atom. The van der Waals surface area contributed by atoms with Gasteiger partial charge < -0.3 is 29.2 Å². The monoisotopic (exact) mass is 501 g/mol. The van der Waals surface area contributed by atoms with Crippen LogP contribution in [-0.4, -0.2) is 70.7 Å². The first-order valence-corrected chi connectivity index (χ1v) is 12.2. The number of hydrogen-bond donors (Lipinski definition) is 1. The SMILES string of the molecule is COc1cc(N2CCN(C(C)=O)CC2)c(OC)cc1Nc1ncc(C)c(-c2cnc3c(ccn3C)c2)n1. The summed E-state index contributed by atoms with van der Waals surface area (Å²) in [5.41, 5.74) is 5.21. The highest BCUT2D eigenvalue weighted by Crippen LogP contribution is 2.40. The summed E-state index contributed by atoms with van der Waals surface area (Å²) in [7, 11) is 5.26. The standard InChI is InChI=1S/C27H31N7O3/c1-17-15-29-27(31-25(17)20-12-19-6-7-32(3)26(19)28-16-20)30-21-13-24(37-5)22(14-23(21)36-4)34-10-8-33(9-11-34)18(2)35/h6-7,12-16H,8-11H2,1-5H3,(H,29,30,31). The maximum absolute atomic E-state index is 11.7. The van der Waals surface area contributed by atoms with E-state index < -0.39 is 0 Å². The number of rotatable bonds is 6. The van der Waals surface area contributed by atoms with Crippen LogP contribution in [0.25, 0.3) is 22.3 Å². The molecule has 0 aliphatic carbocycles. The Hall–Kier alpha value is -4.34. The number of nitrogens with one attached hydrogen (secondary N) is 1. The third kappa shape index (κ3) is 4.74. The number of piperazine rings is 1. The molecule has 0 radical (unpaired) electrons. The van der Waals surface area contributed by atoms with Crippen molar-refractivity contribution in [3.8, 4) is 22.8 Å². The number of ether oxygens (including phenoxy) is 2. The van der Waals surface area contributed by atoms with Gasteiger partial charge in [0, 0.05) is 81.8 Å². The van der Waals surface area contributed by atoms with Crippen molar-refractivity contribution in [2.45, 2.75) is 13.8 Å². The minimum Gasteiger partial charge on any atom is -0.494 e. The Balaban J connectivity index is 1.44. The summed E-state index contributed by atoms with van der Waals surface area (Å²) >= 11 is 0. The van der Waals surface area contributed by atoms with Crippen molar-refractivity contribution in [2.24, 2.45) is 7.05 Å². The van der Waals surface area contributed by atoms with Crippen molar-refractivity contribution in [3.05, 3.63) is 48.4 Å². The van der Waals surface area contributed by atoms with Gasteiger partial charge in [-0.25, -0.2) is 15.0 Å². The molecule has 1 aromatic carbocycles. The number of anilines is 3. The molecule has 0 bridgehead atoms. The Bertz CT molecular complexity index is 1460. The molecule has 37 heavy (non-hydrogen) atoms. The maximum Gasteiger partial charge on any atom is 0.227 e. The molecule has 5 rings (SSSR count). The predicted molar refractivity (Wildman–Crippen MR) is 144 cm³/mol. The van der Waals surface area contributed by atoms with Gasteiger partial charge >= 0.3 is 0 Å². The molecule has 4 heterocycles. The van der Waals surface area contributed by atoms with Gasteiger partial charge in [-0.15, -0.1) is 0 Å². The van der Waals surface area contributed by atoms with Crippen LogP contribution in [0.5, 0.6) is 11.5 Å². The molecule has 4 aromatic rings. The molecule has 192 valence electrons. The topological polar surface area (TPSA) is 97.6 Å². The van der Waals surface area contributed by atoms with Crippen molar-refractivity contribution in [1.82, 2.24) is 24.4 Å². The molecule has 3 aromatic heterocycles. The number of amides is 1. The molecular formula is C27H31N7O3. The summed E-state index contributed by atoms with van der Waals surface area (Å²) in [4.78, 5) is 29.7. The van der Waals surface area contributed by atoms with E-state index in [0.717, 1.165) is 46.6 Å². The third-order valence-electron chi connectivity index (χ3n) is 6.77. The molecule has 1 N–H and O–H groups in total. The number of benzene rings is 1. The zero-order chi connectivity index (χ0) is 26.1. The molecule has 10 heteroatoms. The molecule has 0 unspecified atom stereocenters. The Labute approximate surface area is 215 Å². The molecule has 0 spiro atoms. The van der Waals surface area contributed by atoms with E-state index in [9.17, 15) is 4.79 Å². The van der Waals surface area contributed by atoms with Crippen LogP contribution >= 0.6 is 0 Å². The Morgan fingerprint density at radius 1 is 1.00 bits per heavy atom. The molecule has 0 atom stereocenters. The van der Waals surface area contributed by atoms with Gasteiger partial charge in [0.05, 0.1) is 31.3 Å². The van der Waals surface area contributed by atoms with E-state index >= 15 is 0 Å². The average molecular weight is 502 g/mol. The van der Waals surface area contributed by atoms with Crippen molar-refractivity contribution < 1.29 is 14.3 Å². The van der Waals surface area contributed by atoms with E-state index in [1.165, 1.54) is 0 Å². The summed E-state index contributed by atoms with van der Waals surface area (Å²) in [6, 6.07) is 7.98. The smallest absolute Gasteiger partial charge is 0.227 e. The quantitative estimate of drug-likeness (QED) is 0.427. The molecule has 1 aliphatic rings. The zero-order valence-corrected chi connectivity index (χ0v) is 21.8. The van der Waals surface area contributed by atoms with Crippen LogP contribution in [-0.2, 0) is 11.8 Å². The van der Waals surface area contributed by atoms with Crippen LogP contribution in [0.2, 0.25) is 0 Å². The Kier molecular flexibility index (Phi) is 6.56. The fourth-order valence-corrected chi connectivity index (χ4v) is 4.69. The van der Waals surface area contributed by atoms with E-state index in [-0.39, 0.29) is 5.91 Å². The molecule has 1 amide bonds. The average Bonchev–Trinajstić information content (AvgIpc) is 3.29. The molecular weight excluding hydrogens is 470 g/mol. The van der Waals surface area contributed by atoms with E-state index in [0.29, 0.717) is 36.2 Å². The number of methoxy groups -OCH3 is 2. The van der Waals surface area contributed by atoms with Gasteiger partial charge in [0.25, 0.3) is 0 Å². The normalized spacial score (nSPS) is 13.6. The van der Waals surface area contributed by atoms with Gasteiger partial charge in [-0.1, -0.05) is 0 Å². The number of fused-ring (bicyclic) bond motifs is 1. The molecule has 1 fully saturated rings. The fraction of sp³-hybridized carbons (Fsp3) is 0.333. The fourth-order valence-electron chi connectivity index (χ4n) is 4.69. The molecule has 0 saturated carbocycles. The minimum atomic E-state index is 0.0979. The summed E-state index contributed by atoms with van der Waals surface area (Å²) in [5.74, 6) is 1.88. The van der Waals surface area contributed by atoms with Gasteiger partial charge in [0.15, 0.2) is 0 Å².